The second-order valence-corrected chi connectivity index (χ2v) is 4.78. The van der Waals surface area contributed by atoms with Crippen LogP contribution in [-0.2, 0) is 16.1 Å². The summed E-state index contributed by atoms with van der Waals surface area (Å²) in [4.78, 5) is 23.6. The maximum Gasteiger partial charge on any atom is 0.408 e. The van der Waals surface area contributed by atoms with Crippen molar-refractivity contribution < 1.29 is 14.3 Å². The lowest BCUT2D eigenvalue weighted by Crippen LogP contribution is -2.41. The number of hydrogen-bond acceptors (Lipinski definition) is 3. The average Bonchev–Trinajstić information content (AvgIpc) is 2.55. The van der Waals surface area contributed by atoms with Crippen LogP contribution >= 0.6 is 0 Å². The van der Waals surface area contributed by atoms with Gasteiger partial charge in [-0.05, 0) is 24.6 Å². The topological polar surface area (TPSA) is 67.4 Å². The molecule has 22 heavy (non-hydrogen) atoms. The molecule has 2 aromatic rings. The van der Waals surface area contributed by atoms with Crippen molar-refractivity contribution in [2.45, 2.75) is 19.6 Å². The number of hydrogen-bond donors (Lipinski definition) is 2. The van der Waals surface area contributed by atoms with Crippen LogP contribution in [0.3, 0.4) is 0 Å². The monoisotopic (exact) mass is 298 g/mol. The second kappa shape index (κ2) is 7.83. The highest BCUT2D eigenvalue weighted by atomic mass is 16.5. The van der Waals surface area contributed by atoms with E-state index < -0.39 is 12.1 Å². The Bertz CT molecular complexity index is 614. The Morgan fingerprint density at radius 1 is 1.00 bits per heavy atom. The molecule has 0 radical (unpaired) electrons. The second-order valence-electron chi connectivity index (χ2n) is 4.78. The molecule has 5 nitrogen and oxygen atoms in total. The molecule has 0 fully saturated rings. The molecular weight excluding hydrogens is 280 g/mol. The number of benzene rings is 2. The van der Waals surface area contributed by atoms with E-state index in [0.29, 0.717) is 5.69 Å². The van der Waals surface area contributed by atoms with Crippen molar-refractivity contribution in [3.05, 3.63) is 66.2 Å². The van der Waals surface area contributed by atoms with Crippen molar-refractivity contribution >= 4 is 17.7 Å². The Morgan fingerprint density at radius 3 is 2.23 bits per heavy atom. The normalized spacial score (nSPS) is 11.3. The molecular formula is C17H18N2O3. The summed E-state index contributed by atoms with van der Waals surface area (Å²) in [6.07, 6.45) is -0.625. The highest BCUT2D eigenvalue weighted by Crippen LogP contribution is 2.05. The van der Waals surface area contributed by atoms with Crippen LogP contribution in [-0.4, -0.2) is 18.0 Å². The van der Waals surface area contributed by atoms with Gasteiger partial charge >= 0.3 is 6.09 Å². The van der Waals surface area contributed by atoms with Crippen molar-refractivity contribution in [3.8, 4) is 0 Å². The third kappa shape index (κ3) is 4.94. The van der Waals surface area contributed by atoms with Crippen LogP contribution in [0, 0.1) is 0 Å². The van der Waals surface area contributed by atoms with Crippen LogP contribution in [0.4, 0.5) is 10.5 Å². The SMILES string of the molecule is CC(NC(=O)OCc1ccccc1)C(=O)Nc1ccccc1. The molecule has 2 N–H and O–H groups in total. The Kier molecular flexibility index (Phi) is 5.54. The van der Waals surface area contributed by atoms with Crippen LogP contribution in [0.5, 0.6) is 0 Å². The number of amides is 2. The maximum atomic E-state index is 11.9. The standard InChI is InChI=1S/C17H18N2O3/c1-13(16(20)19-15-10-6-3-7-11-15)18-17(21)22-12-14-8-4-2-5-9-14/h2-11,13H,12H2,1H3,(H,18,21)(H,19,20). The average molecular weight is 298 g/mol. The van der Waals surface area contributed by atoms with Gasteiger partial charge in [0.2, 0.25) is 5.91 Å². The molecule has 0 bridgehead atoms. The van der Waals surface area contributed by atoms with E-state index >= 15 is 0 Å². The number of alkyl carbamates (subject to hydrolysis) is 1. The summed E-state index contributed by atoms with van der Waals surface area (Å²) in [5.41, 5.74) is 1.57. The van der Waals surface area contributed by atoms with Gasteiger partial charge in [-0.3, -0.25) is 4.79 Å². The zero-order valence-corrected chi connectivity index (χ0v) is 12.3. The first-order valence-corrected chi connectivity index (χ1v) is 6.98. The molecule has 2 rings (SSSR count). The van der Waals surface area contributed by atoms with E-state index in [-0.39, 0.29) is 12.5 Å². The Hall–Kier alpha value is -2.82. The molecule has 0 aromatic heterocycles. The molecule has 0 saturated carbocycles. The third-order valence-electron chi connectivity index (χ3n) is 2.98. The number of para-hydroxylation sites is 1. The van der Waals surface area contributed by atoms with E-state index in [1.54, 1.807) is 19.1 Å². The van der Waals surface area contributed by atoms with Gasteiger partial charge in [0.15, 0.2) is 0 Å². The fourth-order valence-corrected chi connectivity index (χ4v) is 1.78. The van der Waals surface area contributed by atoms with Crippen LogP contribution in [0.15, 0.2) is 60.7 Å². The van der Waals surface area contributed by atoms with Crippen molar-refractivity contribution in [2.75, 3.05) is 5.32 Å². The number of ether oxygens (including phenoxy) is 1. The summed E-state index contributed by atoms with van der Waals surface area (Å²) in [7, 11) is 0. The minimum atomic E-state index is -0.691. The Balaban J connectivity index is 1.77. The van der Waals surface area contributed by atoms with Gasteiger partial charge < -0.3 is 15.4 Å². The first-order valence-electron chi connectivity index (χ1n) is 6.98. The summed E-state index contributed by atoms with van der Waals surface area (Å²) in [6, 6.07) is 17.7. The molecule has 114 valence electrons. The van der Waals surface area contributed by atoms with E-state index in [2.05, 4.69) is 10.6 Å². The number of anilines is 1. The number of rotatable bonds is 5. The van der Waals surface area contributed by atoms with E-state index in [9.17, 15) is 9.59 Å². The zero-order valence-electron chi connectivity index (χ0n) is 12.3. The van der Waals surface area contributed by atoms with Gasteiger partial charge in [-0.1, -0.05) is 48.5 Å². The van der Waals surface area contributed by atoms with Crippen molar-refractivity contribution in [1.82, 2.24) is 5.32 Å². The summed E-state index contributed by atoms with van der Waals surface area (Å²) < 4.78 is 5.07. The first-order chi connectivity index (χ1) is 10.6. The highest BCUT2D eigenvalue weighted by Gasteiger charge is 2.16. The number of nitrogens with one attached hydrogen (secondary N) is 2. The minimum Gasteiger partial charge on any atom is -0.445 e. The molecule has 2 amide bonds. The van der Waals surface area contributed by atoms with E-state index in [1.807, 2.05) is 48.5 Å². The van der Waals surface area contributed by atoms with E-state index in [1.165, 1.54) is 0 Å². The lowest BCUT2D eigenvalue weighted by Gasteiger charge is -2.14. The molecule has 0 aliphatic heterocycles. The van der Waals surface area contributed by atoms with Crippen LogP contribution < -0.4 is 10.6 Å². The smallest absolute Gasteiger partial charge is 0.408 e. The van der Waals surface area contributed by atoms with E-state index in [0.717, 1.165) is 5.56 Å². The maximum absolute atomic E-state index is 11.9. The molecule has 0 aliphatic carbocycles. The molecule has 1 atom stereocenters. The zero-order chi connectivity index (χ0) is 15.8. The minimum absolute atomic E-state index is 0.166. The molecule has 5 heteroatoms. The largest absolute Gasteiger partial charge is 0.445 e. The van der Waals surface area contributed by atoms with Crippen LogP contribution in [0.25, 0.3) is 0 Å². The van der Waals surface area contributed by atoms with E-state index in [4.69, 9.17) is 4.74 Å². The summed E-state index contributed by atoms with van der Waals surface area (Å²) in [6.45, 7) is 1.77. The van der Waals surface area contributed by atoms with Crippen molar-refractivity contribution in [1.29, 1.82) is 0 Å². The lowest BCUT2D eigenvalue weighted by molar-refractivity contribution is -0.117. The fourth-order valence-electron chi connectivity index (χ4n) is 1.78. The number of carbonyl (C=O) groups excluding carboxylic acids is 2. The quantitative estimate of drug-likeness (QED) is 0.892. The predicted molar refractivity (Wildman–Crippen MR) is 84.3 cm³/mol. The first kappa shape index (κ1) is 15.6. The molecule has 0 saturated heterocycles. The van der Waals surface area contributed by atoms with Gasteiger partial charge in [0.25, 0.3) is 0 Å². The van der Waals surface area contributed by atoms with Gasteiger partial charge in [0.1, 0.15) is 12.6 Å². The number of carbonyl (C=O) groups is 2. The van der Waals surface area contributed by atoms with Gasteiger partial charge in [-0.2, -0.15) is 0 Å². The van der Waals surface area contributed by atoms with Gasteiger partial charge in [0.05, 0.1) is 0 Å². The predicted octanol–water partition coefficient (Wildman–Crippen LogP) is 2.94. The molecule has 1 unspecified atom stereocenters. The summed E-state index contributed by atoms with van der Waals surface area (Å²) >= 11 is 0. The summed E-state index contributed by atoms with van der Waals surface area (Å²) in [5, 5.41) is 5.21. The Labute approximate surface area is 129 Å². The lowest BCUT2D eigenvalue weighted by atomic mass is 10.2. The van der Waals surface area contributed by atoms with Crippen molar-refractivity contribution in [3.63, 3.8) is 0 Å². The molecule has 2 aromatic carbocycles. The van der Waals surface area contributed by atoms with Crippen molar-refractivity contribution in [2.24, 2.45) is 0 Å². The fraction of sp³-hybridized carbons (Fsp3) is 0.176. The van der Waals surface area contributed by atoms with Gasteiger partial charge in [0, 0.05) is 5.69 Å². The molecule has 0 spiro atoms. The van der Waals surface area contributed by atoms with Gasteiger partial charge in [-0.15, -0.1) is 0 Å². The van der Waals surface area contributed by atoms with Crippen LogP contribution in [0.2, 0.25) is 0 Å². The molecule has 0 aliphatic rings. The summed E-state index contributed by atoms with van der Waals surface area (Å²) in [5.74, 6) is -0.303. The Morgan fingerprint density at radius 2 is 1.59 bits per heavy atom. The highest BCUT2D eigenvalue weighted by molar-refractivity contribution is 5.96. The third-order valence-corrected chi connectivity index (χ3v) is 2.98. The van der Waals surface area contributed by atoms with Gasteiger partial charge in [-0.25, -0.2) is 4.79 Å². The van der Waals surface area contributed by atoms with Crippen LogP contribution in [0.1, 0.15) is 12.5 Å². The molecule has 0 heterocycles.